The molecular formula is C10H17N3O2S. The van der Waals surface area contributed by atoms with Crippen LogP contribution in [0.4, 0.5) is 0 Å². The third-order valence-electron chi connectivity index (χ3n) is 2.29. The molecule has 0 saturated carbocycles. The number of hydrogen-bond acceptors (Lipinski definition) is 3. The van der Waals surface area contributed by atoms with Crippen LogP contribution in [0, 0.1) is 0 Å². The van der Waals surface area contributed by atoms with Gasteiger partial charge in [0.1, 0.15) is 0 Å². The number of rotatable bonds is 5. The highest BCUT2D eigenvalue weighted by Crippen LogP contribution is 2.16. The van der Waals surface area contributed by atoms with Gasteiger partial charge < -0.3 is 4.90 Å². The van der Waals surface area contributed by atoms with Crippen molar-refractivity contribution in [2.45, 2.75) is 6.04 Å². The van der Waals surface area contributed by atoms with E-state index in [1.807, 2.05) is 49.3 Å². The molecule has 6 heteroatoms. The van der Waals surface area contributed by atoms with Crippen molar-refractivity contribution in [2.24, 2.45) is 5.14 Å². The Labute approximate surface area is 96.4 Å². The van der Waals surface area contributed by atoms with Gasteiger partial charge in [-0.15, -0.1) is 0 Å². The first-order chi connectivity index (χ1) is 7.40. The molecule has 1 unspecified atom stereocenters. The molecule has 90 valence electrons. The summed E-state index contributed by atoms with van der Waals surface area (Å²) in [7, 11) is 0.145. The fourth-order valence-corrected chi connectivity index (χ4v) is 1.86. The first-order valence-electron chi connectivity index (χ1n) is 4.89. The maximum atomic E-state index is 10.8. The molecule has 0 bridgehead atoms. The number of benzene rings is 1. The van der Waals surface area contributed by atoms with Crippen LogP contribution in [0.25, 0.3) is 0 Å². The van der Waals surface area contributed by atoms with E-state index in [1.54, 1.807) is 0 Å². The molecule has 0 aliphatic carbocycles. The minimum Gasteiger partial charge on any atom is -0.301 e. The summed E-state index contributed by atoms with van der Waals surface area (Å²) in [5.41, 5.74) is 1.05. The summed E-state index contributed by atoms with van der Waals surface area (Å²) in [6.07, 6.45) is 0. The van der Waals surface area contributed by atoms with Crippen molar-refractivity contribution >= 4 is 10.2 Å². The van der Waals surface area contributed by atoms with E-state index in [9.17, 15) is 8.42 Å². The first kappa shape index (κ1) is 13.1. The van der Waals surface area contributed by atoms with Gasteiger partial charge in [0.2, 0.25) is 0 Å². The van der Waals surface area contributed by atoms with Gasteiger partial charge in [-0.2, -0.15) is 8.42 Å². The summed E-state index contributed by atoms with van der Waals surface area (Å²) in [5.74, 6) is 0. The van der Waals surface area contributed by atoms with Crippen LogP contribution in [0.2, 0.25) is 0 Å². The Balaban J connectivity index is 2.77. The van der Waals surface area contributed by atoms with Gasteiger partial charge in [0.05, 0.1) is 0 Å². The average Bonchev–Trinajstić information content (AvgIpc) is 2.17. The van der Waals surface area contributed by atoms with Crippen LogP contribution in [0.1, 0.15) is 11.6 Å². The van der Waals surface area contributed by atoms with Gasteiger partial charge in [-0.05, 0) is 19.7 Å². The Hall–Kier alpha value is -0.950. The van der Waals surface area contributed by atoms with Gasteiger partial charge in [0, 0.05) is 12.6 Å². The van der Waals surface area contributed by atoms with Crippen molar-refractivity contribution in [3.8, 4) is 0 Å². The molecule has 0 spiro atoms. The summed E-state index contributed by atoms with van der Waals surface area (Å²) >= 11 is 0. The normalized spacial score (nSPS) is 14.0. The Morgan fingerprint density at radius 2 is 1.88 bits per heavy atom. The van der Waals surface area contributed by atoms with Crippen LogP contribution < -0.4 is 9.86 Å². The van der Waals surface area contributed by atoms with E-state index in [2.05, 4.69) is 4.72 Å². The minimum atomic E-state index is -3.64. The average molecular weight is 243 g/mol. The third kappa shape index (κ3) is 4.28. The summed E-state index contributed by atoms with van der Waals surface area (Å²) < 4.78 is 24.0. The van der Waals surface area contributed by atoms with E-state index in [1.165, 1.54) is 0 Å². The van der Waals surface area contributed by atoms with Gasteiger partial charge in [-0.25, -0.2) is 9.86 Å². The second kappa shape index (κ2) is 5.40. The Morgan fingerprint density at radius 3 is 2.31 bits per heavy atom. The van der Waals surface area contributed by atoms with E-state index in [4.69, 9.17) is 5.14 Å². The fraction of sp³-hybridized carbons (Fsp3) is 0.400. The lowest BCUT2D eigenvalue weighted by Crippen LogP contribution is -2.37. The highest BCUT2D eigenvalue weighted by Gasteiger charge is 2.15. The van der Waals surface area contributed by atoms with Crippen LogP contribution in [0.15, 0.2) is 30.3 Å². The lowest BCUT2D eigenvalue weighted by atomic mass is 10.1. The maximum absolute atomic E-state index is 10.8. The molecule has 0 aliphatic heterocycles. The molecule has 1 aromatic carbocycles. The van der Waals surface area contributed by atoms with E-state index in [0.29, 0.717) is 0 Å². The maximum Gasteiger partial charge on any atom is 0.274 e. The van der Waals surface area contributed by atoms with Crippen LogP contribution in [-0.4, -0.2) is 34.0 Å². The zero-order valence-electron chi connectivity index (χ0n) is 9.42. The topological polar surface area (TPSA) is 75.4 Å². The second-order valence-electron chi connectivity index (χ2n) is 3.78. The smallest absolute Gasteiger partial charge is 0.274 e. The van der Waals surface area contributed by atoms with Crippen molar-refractivity contribution in [3.63, 3.8) is 0 Å². The van der Waals surface area contributed by atoms with Crippen molar-refractivity contribution < 1.29 is 8.42 Å². The van der Waals surface area contributed by atoms with E-state index in [-0.39, 0.29) is 12.6 Å². The highest BCUT2D eigenvalue weighted by molar-refractivity contribution is 7.87. The predicted octanol–water partition coefficient (Wildman–Crippen LogP) is 0.0824. The molecule has 0 fully saturated rings. The molecule has 0 amide bonds. The van der Waals surface area contributed by atoms with Crippen LogP contribution in [0.3, 0.4) is 0 Å². The van der Waals surface area contributed by atoms with Crippen molar-refractivity contribution in [1.82, 2.24) is 9.62 Å². The second-order valence-corrected chi connectivity index (χ2v) is 5.16. The summed E-state index contributed by atoms with van der Waals surface area (Å²) in [6.45, 7) is 0.260. The molecular weight excluding hydrogens is 226 g/mol. The van der Waals surface area contributed by atoms with Gasteiger partial charge in [-0.1, -0.05) is 30.3 Å². The number of likely N-dealkylation sites (N-methyl/N-ethyl adjacent to an activating group) is 1. The van der Waals surface area contributed by atoms with Gasteiger partial charge >= 0.3 is 0 Å². The quantitative estimate of drug-likeness (QED) is 0.769. The zero-order valence-corrected chi connectivity index (χ0v) is 10.2. The zero-order chi connectivity index (χ0) is 12.2. The van der Waals surface area contributed by atoms with E-state index < -0.39 is 10.2 Å². The highest BCUT2D eigenvalue weighted by atomic mass is 32.2. The van der Waals surface area contributed by atoms with Crippen LogP contribution >= 0.6 is 0 Å². The van der Waals surface area contributed by atoms with Gasteiger partial charge in [-0.3, -0.25) is 0 Å². The minimum absolute atomic E-state index is 0.0282. The molecule has 0 aromatic heterocycles. The molecule has 1 aromatic rings. The third-order valence-corrected chi connectivity index (χ3v) is 2.85. The fourth-order valence-electron chi connectivity index (χ4n) is 1.47. The van der Waals surface area contributed by atoms with E-state index >= 15 is 0 Å². The molecule has 0 saturated heterocycles. The Morgan fingerprint density at radius 1 is 1.31 bits per heavy atom. The molecule has 5 nitrogen and oxygen atoms in total. The molecule has 16 heavy (non-hydrogen) atoms. The summed E-state index contributed by atoms with van der Waals surface area (Å²) in [6, 6.07) is 9.64. The predicted molar refractivity (Wildman–Crippen MR) is 64.0 cm³/mol. The van der Waals surface area contributed by atoms with Crippen molar-refractivity contribution in [1.29, 1.82) is 0 Å². The Bertz CT molecular complexity index is 417. The molecule has 0 heterocycles. The molecule has 0 radical (unpaired) electrons. The summed E-state index contributed by atoms with van der Waals surface area (Å²) in [4.78, 5) is 1.94. The first-order valence-corrected chi connectivity index (χ1v) is 6.43. The summed E-state index contributed by atoms with van der Waals surface area (Å²) in [5, 5.41) is 4.90. The lowest BCUT2D eigenvalue weighted by Gasteiger charge is -2.24. The monoisotopic (exact) mass is 243 g/mol. The number of nitrogens with one attached hydrogen (secondary N) is 1. The number of nitrogens with zero attached hydrogens (tertiary/aromatic N) is 1. The van der Waals surface area contributed by atoms with Crippen LogP contribution in [-0.2, 0) is 10.2 Å². The molecule has 1 rings (SSSR count). The van der Waals surface area contributed by atoms with Crippen molar-refractivity contribution in [3.05, 3.63) is 35.9 Å². The van der Waals surface area contributed by atoms with Crippen LogP contribution in [0.5, 0.6) is 0 Å². The van der Waals surface area contributed by atoms with Gasteiger partial charge in [0.25, 0.3) is 10.2 Å². The number of nitrogens with two attached hydrogens (primary N) is 1. The van der Waals surface area contributed by atoms with Gasteiger partial charge in [0.15, 0.2) is 0 Å². The number of hydrogen-bond donors (Lipinski definition) is 2. The Kier molecular flexibility index (Phi) is 4.43. The SMILES string of the molecule is CN(C)C(CNS(N)(=O)=O)c1ccccc1. The van der Waals surface area contributed by atoms with Crippen molar-refractivity contribution in [2.75, 3.05) is 20.6 Å². The molecule has 0 aliphatic rings. The van der Waals surface area contributed by atoms with E-state index in [0.717, 1.165) is 5.56 Å². The standard InChI is InChI=1S/C10H17N3O2S/c1-13(2)10(8-12-16(11,14)15)9-6-4-3-5-7-9/h3-7,10,12H,8H2,1-2H3,(H2,11,14,15). The largest absolute Gasteiger partial charge is 0.301 e. The lowest BCUT2D eigenvalue weighted by molar-refractivity contribution is 0.299. The molecule has 1 atom stereocenters. The molecule has 3 N–H and O–H groups in total.